The van der Waals surface area contributed by atoms with Gasteiger partial charge in [-0.1, -0.05) is 41.5 Å². The van der Waals surface area contributed by atoms with Crippen LogP contribution in [0.25, 0.3) is 0 Å². The molecule has 0 saturated carbocycles. The van der Waals surface area contributed by atoms with Gasteiger partial charge in [0.25, 0.3) is 0 Å². The van der Waals surface area contributed by atoms with Crippen LogP contribution in [0.5, 0.6) is 0 Å². The predicted molar refractivity (Wildman–Crippen MR) is 137 cm³/mol. The third kappa shape index (κ3) is 7.57. The Balaban J connectivity index is 2.41. The molecule has 0 atom stereocenters. The van der Waals surface area contributed by atoms with E-state index in [0.29, 0.717) is 17.9 Å². The van der Waals surface area contributed by atoms with Crippen molar-refractivity contribution in [3.63, 3.8) is 0 Å². The molecule has 0 aromatic carbocycles. The third-order valence-corrected chi connectivity index (χ3v) is 6.68. The van der Waals surface area contributed by atoms with E-state index in [-0.39, 0.29) is 27.4 Å². The second kappa shape index (κ2) is 9.08. The predicted octanol–water partition coefficient (Wildman–Crippen LogP) is 6.30. The molecule has 1 aliphatic rings. The largest absolute Gasteiger partial charge is 0.351 e. The monoisotopic (exact) mass is 446 g/mol. The van der Waals surface area contributed by atoms with E-state index in [9.17, 15) is 0 Å². The van der Waals surface area contributed by atoms with Crippen molar-refractivity contribution < 1.29 is 0 Å². The maximum absolute atomic E-state index is 4.95. The smallest absolute Gasteiger partial charge is 0.228 e. The molecule has 2 heterocycles. The number of rotatable bonds is 8. The minimum absolute atomic E-state index is 0.0619. The molecule has 184 valence electrons. The number of hydrogen-bond acceptors (Lipinski definition) is 6. The first-order valence-electron chi connectivity index (χ1n) is 12.5. The highest BCUT2D eigenvalue weighted by Gasteiger charge is 2.38. The SMILES string of the molecule is CCC(C)(CC)c1nc(NC2CC(C)(C)NC(C)(C)C2)nc(NC(C)(C)CC(C)(C)C)n1. The molecule has 0 bridgehead atoms. The summed E-state index contributed by atoms with van der Waals surface area (Å²) in [5, 5.41) is 11.1. The molecule has 0 amide bonds. The van der Waals surface area contributed by atoms with Crippen molar-refractivity contribution in [2.75, 3.05) is 10.6 Å². The zero-order chi connectivity index (χ0) is 24.6. The van der Waals surface area contributed by atoms with Crippen molar-refractivity contribution in [2.45, 2.75) is 143 Å². The fourth-order valence-corrected chi connectivity index (χ4v) is 5.61. The molecular formula is C26H50N6. The van der Waals surface area contributed by atoms with E-state index in [2.05, 4.69) is 99.0 Å². The van der Waals surface area contributed by atoms with Crippen molar-refractivity contribution in [3.05, 3.63) is 5.82 Å². The van der Waals surface area contributed by atoms with Crippen LogP contribution in [-0.2, 0) is 5.41 Å². The molecule has 1 aliphatic heterocycles. The Morgan fingerprint density at radius 3 is 1.81 bits per heavy atom. The fraction of sp³-hybridized carbons (Fsp3) is 0.885. The molecule has 3 N–H and O–H groups in total. The number of nitrogens with one attached hydrogen (secondary N) is 3. The van der Waals surface area contributed by atoms with Crippen LogP contribution >= 0.6 is 0 Å². The van der Waals surface area contributed by atoms with E-state index >= 15 is 0 Å². The average molecular weight is 447 g/mol. The van der Waals surface area contributed by atoms with Crippen molar-refractivity contribution >= 4 is 11.9 Å². The van der Waals surface area contributed by atoms with Crippen LogP contribution in [0.15, 0.2) is 0 Å². The molecule has 1 aromatic rings. The van der Waals surface area contributed by atoms with E-state index < -0.39 is 0 Å². The van der Waals surface area contributed by atoms with Gasteiger partial charge in [-0.25, -0.2) is 0 Å². The Morgan fingerprint density at radius 1 is 0.844 bits per heavy atom. The molecule has 0 spiro atoms. The first-order chi connectivity index (χ1) is 14.4. The fourth-order valence-electron chi connectivity index (χ4n) is 5.61. The highest BCUT2D eigenvalue weighted by molar-refractivity contribution is 5.39. The quantitative estimate of drug-likeness (QED) is 0.435. The Hall–Kier alpha value is -1.43. The van der Waals surface area contributed by atoms with Gasteiger partial charge in [0.05, 0.1) is 0 Å². The Kier molecular flexibility index (Phi) is 7.61. The van der Waals surface area contributed by atoms with Gasteiger partial charge in [0.15, 0.2) is 0 Å². The van der Waals surface area contributed by atoms with Gasteiger partial charge in [-0.05, 0) is 79.1 Å². The molecule has 0 unspecified atom stereocenters. The van der Waals surface area contributed by atoms with Gasteiger partial charge in [0.1, 0.15) is 5.82 Å². The van der Waals surface area contributed by atoms with Gasteiger partial charge in [0.2, 0.25) is 11.9 Å². The molecule has 6 nitrogen and oxygen atoms in total. The van der Waals surface area contributed by atoms with Crippen LogP contribution in [-0.4, -0.2) is 37.6 Å². The van der Waals surface area contributed by atoms with Crippen LogP contribution in [0.1, 0.15) is 121 Å². The van der Waals surface area contributed by atoms with E-state index in [4.69, 9.17) is 15.0 Å². The highest BCUT2D eigenvalue weighted by atomic mass is 15.3. The van der Waals surface area contributed by atoms with E-state index in [1.807, 2.05) is 0 Å². The third-order valence-electron chi connectivity index (χ3n) is 6.68. The Labute approximate surface area is 197 Å². The minimum atomic E-state index is -0.123. The van der Waals surface area contributed by atoms with Gasteiger partial charge >= 0.3 is 0 Å². The summed E-state index contributed by atoms with van der Waals surface area (Å²) in [6.45, 7) is 27.1. The van der Waals surface area contributed by atoms with Crippen molar-refractivity contribution in [1.82, 2.24) is 20.3 Å². The average Bonchev–Trinajstić information content (AvgIpc) is 2.55. The molecule has 2 rings (SSSR count). The van der Waals surface area contributed by atoms with Crippen LogP contribution in [0.2, 0.25) is 0 Å². The van der Waals surface area contributed by atoms with Gasteiger partial charge < -0.3 is 16.0 Å². The number of hydrogen-bond donors (Lipinski definition) is 3. The van der Waals surface area contributed by atoms with E-state index in [1.165, 1.54) is 0 Å². The summed E-state index contributed by atoms with van der Waals surface area (Å²) in [6.07, 6.45) is 5.04. The molecule has 1 fully saturated rings. The first-order valence-corrected chi connectivity index (χ1v) is 12.5. The van der Waals surface area contributed by atoms with Crippen LogP contribution < -0.4 is 16.0 Å². The van der Waals surface area contributed by atoms with E-state index in [0.717, 1.165) is 37.9 Å². The van der Waals surface area contributed by atoms with Crippen LogP contribution in [0, 0.1) is 5.41 Å². The number of piperidine rings is 1. The Bertz CT molecular complexity index is 755. The summed E-state index contributed by atoms with van der Waals surface area (Å²) in [6, 6.07) is 0.307. The van der Waals surface area contributed by atoms with Crippen molar-refractivity contribution in [1.29, 1.82) is 0 Å². The van der Waals surface area contributed by atoms with Crippen molar-refractivity contribution in [3.8, 4) is 0 Å². The van der Waals surface area contributed by atoms with Crippen LogP contribution in [0.4, 0.5) is 11.9 Å². The maximum atomic E-state index is 4.95. The number of aromatic nitrogens is 3. The highest BCUT2D eigenvalue weighted by Crippen LogP contribution is 2.33. The zero-order valence-electron chi connectivity index (χ0n) is 23.0. The second-order valence-electron chi connectivity index (χ2n) is 13.5. The van der Waals surface area contributed by atoms with Gasteiger partial charge in [-0.15, -0.1) is 0 Å². The summed E-state index contributed by atoms with van der Waals surface area (Å²) < 4.78 is 0. The normalized spacial score (nSPS) is 19.6. The van der Waals surface area contributed by atoms with E-state index in [1.54, 1.807) is 0 Å². The Morgan fingerprint density at radius 2 is 1.34 bits per heavy atom. The first kappa shape index (κ1) is 26.8. The molecule has 1 saturated heterocycles. The molecule has 6 heteroatoms. The summed E-state index contributed by atoms with van der Waals surface area (Å²) in [5.74, 6) is 2.24. The van der Waals surface area contributed by atoms with Crippen LogP contribution in [0.3, 0.4) is 0 Å². The second-order valence-corrected chi connectivity index (χ2v) is 13.5. The standard InChI is InChI=1S/C26H50N6/c1-13-26(12,14-2)19-28-20(27-18-15-23(6,7)32-24(8,9)16-18)30-21(29-19)31-25(10,11)17-22(3,4)5/h18,32H,13-17H2,1-12H3,(H2,27,28,29,30,31). The van der Waals surface area contributed by atoms with Crippen molar-refractivity contribution in [2.24, 2.45) is 5.41 Å². The lowest BCUT2D eigenvalue weighted by Gasteiger charge is -2.46. The lowest BCUT2D eigenvalue weighted by molar-refractivity contribution is 0.170. The minimum Gasteiger partial charge on any atom is -0.351 e. The summed E-state index contributed by atoms with van der Waals surface area (Å²) in [4.78, 5) is 14.7. The summed E-state index contributed by atoms with van der Waals surface area (Å²) >= 11 is 0. The molecule has 0 aliphatic carbocycles. The topological polar surface area (TPSA) is 74.8 Å². The molecule has 0 radical (unpaired) electrons. The maximum Gasteiger partial charge on any atom is 0.228 e. The summed E-state index contributed by atoms with van der Waals surface area (Å²) in [7, 11) is 0. The summed E-state index contributed by atoms with van der Waals surface area (Å²) in [5.41, 5.74) is 0.137. The number of anilines is 2. The lowest BCUT2D eigenvalue weighted by Crippen LogP contribution is -2.60. The number of nitrogens with zero attached hydrogens (tertiary/aromatic N) is 3. The van der Waals surface area contributed by atoms with Gasteiger partial charge in [-0.3, -0.25) is 0 Å². The molecule has 1 aromatic heterocycles. The molecular weight excluding hydrogens is 396 g/mol. The zero-order valence-corrected chi connectivity index (χ0v) is 23.0. The molecule has 32 heavy (non-hydrogen) atoms. The lowest BCUT2D eigenvalue weighted by atomic mass is 9.79. The van der Waals surface area contributed by atoms with Gasteiger partial charge in [-0.2, -0.15) is 15.0 Å². The van der Waals surface area contributed by atoms with Gasteiger partial charge in [0, 0.05) is 28.1 Å².